The number of nitro groups is 1. The highest BCUT2D eigenvalue weighted by atomic mass is 35.6. The number of carbonyl (C=O) groups is 3. The van der Waals surface area contributed by atoms with Crippen molar-refractivity contribution in [2.45, 2.75) is 40.6 Å². The molecule has 3 N–H and O–H groups in total. The van der Waals surface area contributed by atoms with E-state index >= 15 is 0 Å². The maximum Gasteiger partial charge on any atom is 0.295 e. The van der Waals surface area contributed by atoms with E-state index in [9.17, 15) is 24.5 Å². The molecule has 0 atom stereocenters. The topological polar surface area (TPSA) is 188 Å². The number of rotatable bonds is 19. The zero-order valence-corrected chi connectivity index (χ0v) is 60.1. The van der Waals surface area contributed by atoms with E-state index < -0.39 is 51.4 Å². The van der Waals surface area contributed by atoms with Crippen molar-refractivity contribution in [2.75, 3.05) is 29.2 Å². The number of pyridine rings is 3. The van der Waals surface area contributed by atoms with Crippen LogP contribution in [0.4, 0.5) is 22.7 Å². The molecule has 3 heterocycles. The van der Waals surface area contributed by atoms with Crippen molar-refractivity contribution < 1.29 is 28.8 Å². The highest BCUT2D eigenvalue weighted by molar-refractivity contribution is 7.80. The zero-order chi connectivity index (χ0) is 69.0. The predicted octanol–water partition coefficient (Wildman–Crippen LogP) is 18.5. The Morgan fingerprint density at radius 3 is 1.17 bits per heavy atom. The molecule has 3 amide bonds. The summed E-state index contributed by atoms with van der Waals surface area (Å²) in [5, 5.41) is 29.4. The number of nitrogens with one attached hydrogen (secondary N) is 3. The summed E-state index contributed by atoms with van der Waals surface area (Å²) in [7, 11) is -2.30. The van der Waals surface area contributed by atoms with Crippen molar-refractivity contribution in [3.05, 3.63) is 246 Å². The Balaban J connectivity index is 0.000000908. The molecule has 0 saturated carbocycles. The van der Waals surface area contributed by atoms with Crippen LogP contribution in [-0.2, 0) is 0 Å². The van der Waals surface area contributed by atoms with Gasteiger partial charge in [0.25, 0.3) is 23.4 Å². The van der Waals surface area contributed by atoms with E-state index in [0.717, 1.165) is 15.9 Å². The minimum Gasteiger partial charge on any atom is -0.493 e. The molecule has 0 unspecified atom stereocenters. The molecule has 0 radical (unpaired) electrons. The van der Waals surface area contributed by atoms with Gasteiger partial charge in [0.1, 0.15) is 34.1 Å². The molecule has 11 rings (SSSR count). The molecular formula is C71H60Cl9N7O7P2. The summed E-state index contributed by atoms with van der Waals surface area (Å²) in [6.45, 7) is 8.72. The molecule has 0 bridgehead atoms. The molecular weight excluding hydrogens is 1440 g/mol. The number of amides is 3. The third-order valence-corrected chi connectivity index (χ3v) is 18.5. The third-order valence-electron chi connectivity index (χ3n) is 13.6. The van der Waals surface area contributed by atoms with Crippen LogP contribution in [-0.4, -0.2) is 63.7 Å². The summed E-state index contributed by atoms with van der Waals surface area (Å²) in [4.78, 5) is 70.7. The number of fused-ring (bicyclic) bond motifs is 3. The van der Waals surface area contributed by atoms with Gasteiger partial charge in [-0.3, -0.25) is 24.5 Å². The van der Waals surface area contributed by atoms with Gasteiger partial charge in [-0.05, 0) is 102 Å². The lowest BCUT2D eigenvalue weighted by atomic mass is 10.1. The Hall–Kier alpha value is -7.13. The largest absolute Gasteiger partial charge is 0.493 e. The number of benzene rings is 8. The van der Waals surface area contributed by atoms with Crippen molar-refractivity contribution in [3.8, 4) is 11.5 Å². The molecule has 11 aromatic rings. The first-order valence-electron chi connectivity index (χ1n) is 29.4. The molecule has 0 saturated heterocycles. The van der Waals surface area contributed by atoms with Crippen molar-refractivity contribution in [2.24, 2.45) is 11.8 Å². The first-order valence-corrected chi connectivity index (χ1v) is 36.0. The molecule has 8 aromatic carbocycles. The fourth-order valence-corrected chi connectivity index (χ4v) is 14.6. The molecule has 25 heteroatoms. The number of para-hydroxylation sites is 3. The number of hydrogen-bond donors (Lipinski definition) is 3. The van der Waals surface area contributed by atoms with Gasteiger partial charge in [-0.25, -0.2) is 15.0 Å². The van der Waals surface area contributed by atoms with Crippen LogP contribution in [0.5, 0.6) is 11.5 Å². The Morgan fingerprint density at radius 1 is 0.417 bits per heavy atom. The standard InChI is InChI=1S/C68H57N7O7P2.3CHCl3/c1-43(2)41-81-60-38-56(66(76)69-45-21-17-30-50(37-45)83(46-22-9-5-10-23-46)47-24-11-6-12-25-47)70-63-51(60)31-18-34-54(63)73-67(77)57-39-61(82-42-44(3)4)52-32-19-35-55(64(52)71-57)74-68(78)58-40-62(53-33-20-36-59(75(79)80)65(53)72-58)84(48-26-13-7-14-27-48)49-28-15-8-16-29-49;3*2-1(3)4/h5-40,43-44H,41-42H2,1-4H3,(H,69,76)(H,73,77)(H,74,78);3*1H. The molecule has 494 valence electrons. The molecule has 96 heavy (non-hydrogen) atoms. The van der Waals surface area contributed by atoms with Crippen LogP contribution in [0, 0.1) is 22.0 Å². The average Bonchev–Trinajstić information content (AvgIpc) is 0.762. The number of aromatic nitrogens is 3. The summed E-state index contributed by atoms with van der Waals surface area (Å²) in [6.07, 6.45) is 0. The van der Waals surface area contributed by atoms with Gasteiger partial charge in [-0.15, -0.1) is 0 Å². The molecule has 3 aromatic heterocycles. The SMILES string of the molecule is CC(C)COc1cc(C(=O)Nc2cccc(P(c3ccccc3)c3ccccc3)c2)nc2c(NC(=O)c3cc(OCC(C)C)c4cccc(NC(=O)c5cc(P(c6ccccc6)c6ccccc6)c6cccc([N+](=O)[O-])c6n5)c4n3)cccc12.ClC(Cl)Cl.ClC(Cl)Cl.ClC(Cl)Cl. The minimum absolute atomic E-state index is 0.0471. The normalized spacial score (nSPS) is 11.1. The summed E-state index contributed by atoms with van der Waals surface area (Å²) < 4.78 is 10.5. The Bertz CT molecular complexity index is 4360. The fourth-order valence-electron chi connectivity index (χ4n) is 9.76. The maximum absolute atomic E-state index is 14.8. The van der Waals surface area contributed by atoms with E-state index in [0.29, 0.717) is 57.4 Å². The summed E-state index contributed by atoms with van der Waals surface area (Å²) in [6, 6.07) is 68.4. The number of ether oxygens (including phenoxy) is 2. The number of alkyl halides is 9. The quantitative estimate of drug-likeness (QED) is 0.0304. The van der Waals surface area contributed by atoms with Crippen LogP contribution in [0.2, 0.25) is 0 Å². The zero-order valence-electron chi connectivity index (χ0n) is 51.5. The van der Waals surface area contributed by atoms with E-state index in [1.54, 1.807) is 60.7 Å². The predicted molar refractivity (Wildman–Crippen MR) is 404 cm³/mol. The highest BCUT2D eigenvalue weighted by Gasteiger charge is 2.27. The maximum atomic E-state index is 14.8. The van der Waals surface area contributed by atoms with E-state index in [1.165, 1.54) is 16.7 Å². The third kappa shape index (κ3) is 20.9. The van der Waals surface area contributed by atoms with Crippen molar-refractivity contribution in [1.29, 1.82) is 0 Å². The number of non-ortho nitro benzene ring substituents is 1. The van der Waals surface area contributed by atoms with Crippen molar-refractivity contribution >= 4 is 225 Å². The van der Waals surface area contributed by atoms with Gasteiger partial charge in [0.2, 0.25) is 0 Å². The first kappa shape index (κ1) is 74.7. The second kappa shape index (κ2) is 36.5. The van der Waals surface area contributed by atoms with Crippen LogP contribution in [0.15, 0.2) is 218 Å². The Kier molecular flexibility index (Phi) is 28.3. The van der Waals surface area contributed by atoms with E-state index in [1.807, 2.05) is 149 Å². The van der Waals surface area contributed by atoms with Gasteiger partial charge in [0.05, 0.1) is 40.5 Å². The second-order valence-corrected chi connectivity index (χ2v) is 31.8. The molecule has 14 nitrogen and oxygen atoms in total. The lowest BCUT2D eigenvalue weighted by Gasteiger charge is -2.21. The molecule has 0 fully saturated rings. The van der Waals surface area contributed by atoms with Gasteiger partial charge >= 0.3 is 0 Å². The molecule has 0 aliphatic carbocycles. The monoisotopic (exact) mass is 1500 g/mol. The van der Waals surface area contributed by atoms with Crippen LogP contribution in [0.3, 0.4) is 0 Å². The number of anilines is 3. The Morgan fingerprint density at radius 2 is 0.760 bits per heavy atom. The van der Waals surface area contributed by atoms with Gasteiger partial charge in [-0.1, -0.05) is 290 Å². The minimum atomic E-state index is -1.35. The number of nitrogens with zero attached hydrogens (tertiary/aromatic N) is 4. The number of halogens is 9. The number of nitro benzene ring substituents is 1. The number of carbonyl (C=O) groups excluding carboxylic acids is 3. The van der Waals surface area contributed by atoms with Crippen LogP contribution in [0.1, 0.15) is 59.2 Å². The average molecular weight is 1500 g/mol. The van der Waals surface area contributed by atoms with E-state index in [-0.39, 0.29) is 57.0 Å². The molecule has 0 spiro atoms. The summed E-state index contributed by atoms with van der Waals surface area (Å²) in [5.74, 6) is -0.757. The van der Waals surface area contributed by atoms with Gasteiger partial charge < -0.3 is 25.4 Å². The van der Waals surface area contributed by atoms with E-state index in [2.05, 4.69) is 51.3 Å². The summed E-state index contributed by atoms with van der Waals surface area (Å²) in [5.41, 5.74) is 1.43. The van der Waals surface area contributed by atoms with Crippen molar-refractivity contribution in [1.82, 2.24) is 15.0 Å². The van der Waals surface area contributed by atoms with Crippen molar-refractivity contribution in [3.63, 3.8) is 0 Å². The molecule has 0 aliphatic rings. The van der Waals surface area contributed by atoms with Gasteiger partial charge in [-0.2, -0.15) is 0 Å². The smallest absolute Gasteiger partial charge is 0.295 e. The van der Waals surface area contributed by atoms with Crippen LogP contribution < -0.4 is 57.3 Å². The lowest BCUT2D eigenvalue weighted by molar-refractivity contribution is -0.383. The fraction of sp³-hybridized carbons (Fsp3) is 0.155. The second-order valence-electron chi connectivity index (χ2n) is 21.4. The van der Waals surface area contributed by atoms with Crippen LogP contribution in [0.25, 0.3) is 32.7 Å². The highest BCUT2D eigenvalue weighted by Crippen LogP contribution is 2.39. The Labute approximate surface area is 602 Å². The summed E-state index contributed by atoms with van der Waals surface area (Å²) >= 11 is 43.3. The van der Waals surface area contributed by atoms with Gasteiger partial charge in [0.15, 0.2) is 12.9 Å². The molecule has 0 aliphatic heterocycles. The number of hydrogen-bond acceptors (Lipinski definition) is 10. The first-order chi connectivity index (χ1) is 46.1. The van der Waals surface area contributed by atoms with Crippen LogP contribution >= 0.6 is 120 Å². The lowest BCUT2D eigenvalue weighted by Crippen LogP contribution is -2.24. The van der Waals surface area contributed by atoms with E-state index in [4.69, 9.17) is 124 Å². The van der Waals surface area contributed by atoms with Gasteiger partial charge in [0, 0.05) is 40.0 Å².